The standard InChI is InChI=1S/C27H38ClN3O6S/c1-7-19(2)29-27(33)20(3)30(18-21-10-8-11-23(16-21)36-4)26(32)12-9-15-31(38(6,34)35)22-13-14-25(37-5)24(28)17-22/h8,10-11,13-14,16-17,19-20H,7,9,12,15,18H2,1-6H3,(H,29,33). The highest BCUT2D eigenvalue weighted by Crippen LogP contribution is 2.30. The number of sulfonamides is 1. The molecule has 0 aromatic heterocycles. The highest BCUT2D eigenvalue weighted by atomic mass is 35.5. The smallest absolute Gasteiger partial charge is 0.242 e. The second-order valence-electron chi connectivity index (χ2n) is 9.12. The first kappa shape index (κ1) is 31.2. The molecule has 0 fully saturated rings. The minimum absolute atomic E-state index is 0.0293. The predicted octanol–water partition coefficient (Wildman–Crippen LogP) is 4.24. The van der Waals surface area contributed by atoms with Crippen molar-refractivity contribution >= 4 is 39.1 Å². The molecule has 0 bridgehead atoms. The number of amides is 2. The van der Waals surface area contributed by atoms with Crippen LogP contribution in [-0.2, 0) is 26.2 Å². The number of anilines is 1. The van der Waals surface area contributed by atoms with E-state index in [1.54, 1.807) is 32.2 Å². The number of ether oxygens (including phenoxy) is 2. The molecule has 2 amide bonds. The monoisotopic (exact) mass is 567 g/mol. The van der Waals surface area contributed by atoms with Crippen LogP contribution in [0.25, 0.3) is 0 Å². The first-order chi connectivity index (χ1) is 17.9. The number of benzene rings is 2. The van der Waals surface area contributed by atoms with Crippen molar-refractivity contribution in [2.75, 3.05) is 31.3 Å². The van der Waals surface area contributed by atoms with Crippen molar-refractivity contribution in [1.82, 2.24) is 10.2 Å². The molecular weight excluding hydrogens is 530 g/mol. The average molecular weight is 568 g/mol. The Morgan fingerprint density at radius 2 is 1.79 bits per heavy atom. The van der Waals surface area contributed by atoms with Gasteiger partial charge in [0.25, 0.3) is 0 Å². The number of hydrogen-bond acceptors (Lipinski definition) is 6. The maximum atomic E-state index is 13.4. The van der Waals surface area contributed by atoms with E-state index in [9.17, 15) is 18.0 Å². The van der Waals surface area contributed by atoms with Crippen LogP contribution in [0.1, 0.15) is 45.6 Å². The van der Waals surface area contributed by atoms with Crippen molar-refractivity contribution in [3.63, 3.8) is 0 Å². The number of methoxy groups -OCH3 is 2. The molecule has 2 rings (SSSR count). The van der Waals surface area contributed by atoms with Crippen molar-refractivity contribution in [3.8, 4) is 11.5 Å². The lowest BCUT2D eigenvalue weighted by Crippen LogP contribution is -2.49. The topological polar surface area (TPSA) is 105 Å². The van der Waals surface area contributed by atoms with Gasteiger partial charge in [0.05, 0.1) is 31.2 Å². The van der Waals surface area contributed by atoms with Gasteiger partial charge in [-0.25, -0.2) is 8.42 Å². The van der Waals surface area contributed by atoms with Gasteiger partial charge in [-0.05, 0) is 62.6 Å². The Labute approximate surface area is 231 Å². The molecule has 2 aromatic rings. The van der Waals surface area contributed by atoms with E-state index in [1.807, 2.05) is 32.0 Å². The van der Waals surface area contributed by atoms with Gasteiger partial charge >= 0.3 is 0 Å². The lowest BCUT2D eigenvalue weighted by atomic mass is 10.1. The third-order valence-corrected chi connectivity index (χ3v) is 7.72. The van der Waals surface area contributed by atoms with Crippen LogP contribution in [0.3, 0.4) is 0 Å². The third kappa shape index (κ3) is 8.80. The van der Waals surface area contributed by atoms with Crippen LogP contribution in [0.15, 0.2) is 42.5 Å². The first-order valence-corrected chi connectivity index (χ1v) is 14.7. The minimum atomic E-state index is -3.64. The number of nitrogens with zero attached hydrogens (tertiary/aromatic N) is 2. The van der Waals surface area contributed by atoms with Crippen LogP contribution in [0.4, 0.5) is 5.69 Å². The Morgan fingerprint density at radius 3 is 2.37 bits per heavy atom. The predicted molar refractivity (Wildman–Crippen MR) is 150 cm³/mol. The molecule has 0 saturated heterocycles. The summed E-state index contributed by atoms with van der Waals surface area (Å²) in [7, 11) is -0.606. The van der Waals surface area contributed by atoms with Crippen molar-refractivity contribution < 1.29 is 27.5 Å². The first-order valence-electron chi connectivity index (χ1n) is 12.4. The fourth-order valence-corrected chi connectivity index (χ4v) is 5.04. The van der Waals surface area contributed by atoms with Gasteiger partial charge in [-0.3, -0.25) is 13.9 Å². The summed E-state index contributed by atoms with van der Waals surface area (Å²) in [5.41, 5.74) is 1.19. The molecule has 0 radical (unpaired) electrons. The van der Waals surface area contributed by atoms with Crippen LogP contribution in [0.5, 0.6) is 11.5 Å². The van der Waals surface area contributed by atoms with Gasteiger partial charge in [0.15, 0.2) is 0 Å². The molecule has 0 spiro atoms. The SMILES string of the molecule is CCC(C)NC(=O)C(C)N(Cc1cccc(OC)c1)C(=O)CCCN(c1ccc(OC)c(Cl)c1)S(C)(=O)=O. The lowest BCUT2D eigenvalue weighted by Gasteiger charge is -2.30. The molecule has 38 heavy (non-hydrogen) atoms. The summed E-state index contributed by atoms with van der Waals surface area (Å²) in [5, 5.41) is 3.21. The summed E-state index contributed by atoms with van der Waals surface area (Å²) in [6.07, 6.45) is 2.15. The number of halogens is 1. The third-order valence-electron chi connectivity index (χ3n) is 6.23. The highest BCUT2D eigenvalue weighted by Gasteiger charge is 2.27. The molecule has 0 aliphatic carbocycles. The van der Waals surface area contributed by atoms with Gasteiger partial charge < -0.3 is 19.7 Å². The summed E-state index contributed by atoms with van der Waals surface area (Å²) in [4.78, 5) is 27.8. The zero-order valence-corrected chi connectivity index (χ0v) is 24.4. The largest absolute Gasteiger partial charge is 0.497 e. The average Bonchev–Trinajstić information content (AvgIpc) is 2.88. The molecule has 0 aliphatic rings. The van der Waals surface area contributed by atoms with Gasteiger partial charge in [-0.15, -0.1) is 0 Å². The van der Waals surface area contributed by atoms with Crippen LogP contribution in [-0.4, -0.2) is 64.2 Å². The quantitative estimate of drug-likeness (QED) is 0.366. The number of carbonyl (C=O) groups is 2. The van der Waals surface area contributed by atoms with E-state index >= 15 is 0 Å². The Kier molecular flexibility index (Phi) is 11.7. The maximum absolute atomic E-state index is 13.4. The number of carbonyl (C=O) groups excluding carboxylic acids is 2. The van der Waals surface area contributed by atoms with Crippen LogP contribution in [0.2, 0.25) is 5.02 Å². The molecule has 2 aromatic carbocycles. The second kappa shape index (κ2) is 14.2. The normalized spacial score (nSPS) is 12.8. The summed E-state index contributed by atoms with van der Waals surface area (Å²) in [6.45, 7) is 5.84. The molecule has 0 aliphatic heterocycles. The van der Waals surface area contributed by atoms with Gasteiger partial charge in [-0.2, -0.15) is 0 Å². The Morgan fingerprint density at radius 1 is 1.08 bits per heavy atom. The van der Waals surface area contributed by atoms with Crippen LogP contribution >= 0.6 is 11.6 Å². The van der Waals surface area contributed by atoms with Gasteiger partial charge in [0.2, 0.25) is 21.8 Å². The van der Waals surface area contributed by atoms with Gasteiger partial charge in [0, 0.05) is 25.6 Å². The van der Waals surface area contributed by atoms with E-state index in [1.165, 1.54) is 22.4 Å². The summed E-state index contributed by atoms with van der Waals surface area (Å²) < 4.78 is 36.7. The number of nitrogens with one attached hydrogen (secondary N) is 1. The zero-order valence-electron chi connectivity index (χ0n) is 22.9. The molecular formula is C27H38ClN3O6S. The van der Waals surface area contributed by atoms with Crippen LogP contribution in [0, 0.1) is 0 Å². The van der Waals surface area contributed by atoms with Crippen molar-refractivity contribution in [3.05, 3.63) is 53.1 Å². The Balaban J connectivity index is 2.22. The number of rotatable bonds is 14. The van der Waals surface area contributed by atoms with E-state index in [0.29, 0.717) is 17.2 Å². The van der Waals surface area contributed by atoms with Crippen molar-refractivity contribution in [2.45, 2.75) is 58.7 Å². The van der Waals surface area contributed by atoms with E-state index in [2.05, 4.69) is 5.32 Å². The molecule has 2 atom stereocenters. The van der Waals surface area contributed by atoms with E-state index in [-0.39, 0.29) is 48.8 Å². The summed E-state index contributed by atoms with van der Waals surface area (Å²) in [5.74, 6) is 0.563. The van der Waals surface area contributed by atoms with E-state index < -0.39 is 16.1 Å². The molecule has 9 nitrogen and oxygen atoms in total. The second-order valence-corrected chi connectivity index (χ2v) is 11.4. The van der Waals surface area contributed by atoms with E-state index in [0.717, 1.165) is 18.2 Å². The molecule has 1 N–H and O–H groups in total. The number of hydrogen-bond donors (Lipinski definition) is 1. The van der Waals surface area contributed by atoms with Gasteiger partial charge in [0.1, 0.15) is 17.5 Å². The summed E-state index contributed by atoms with van der Waals surface area (Å²) >= 11 is 6.21. The molecule has 2 unspecified atom stereocenters. The van der Waals surface area contributed by atoms with Crippen LogP contribution < -0.4 is 19.1 Å². The van der Waals surface area contributed by atoms with Crippen molar-refractivity contribution in [1.29, 1.82) is 0 Å². The van der Waals surface area contributed by atoms with Crippen molar-refractivity contribution in [2.24, 2.45) is 0 Å². The fourth-order valence-electron chi connectivity index (χ4n) is 3.83. The fraction of sp³-hybridized carbons (Fsp3) is 0.481. The Hall–Kier alpha value is -2.98. The van der Waals surface area contributed by atoms with E-state index in [4.69, 9.17) is 21.1 Å². The Bertz CT molecular complexity index is 1210. The molecule has 210 valence electrons. The molecule has 0 saturated carbocycles. The summed E-state index contributed by atoms with van der Waals surface area (Å²) in [6, 6.07) is 11.3. The maximum Gasteiger partial charge on any atom is 0.242 e. The molecule has 0 heterocycles. The minimum Gasteiger partial charge on any atom is -0.497 e. The van der Waals surface area contributed by atoms with Gasteiger partial charge in [-0.1, -0.05) is 30.7 Å². The molecule has 11 heteroatoms. The zero-order chi connectivity index (χ0) is 28.5. The highest BCUT2D eigenvalue weighted by molar-refractivity contribution is 7.92. The lowest BCUT2D eigenvalue weighted by molar-refractivity contribution is -0.140.